The fraction of sp³-hybridized carbons (Fsp3) is 0.455. The number of rotatable bonds is 5. The number of thiocarbonyl (C=S) groups is 1. The first-order valence-electron chi connectivity index (χ1n) is 5.03. The lowest BCUT2D eigenvalue weighted by Crippen LogP contribution is -2.24. The van der Waals surface area contributed by atoms with E-state index < -0.39 is 0 Å². The third-order valence-electron chi connectivity index (χ3n) is 2.25. The van der Waals surface area contributed by atoms with E-state index in [-0.39, 0.29) is 0 Å². The van der Waals surface area contributed by atoms with E-state index in [1.165, 1.54) is 0 Å². The Kier molecular flexibility index (Phi) is 4.64. The highest BCUT2D eigenvalue weighted by Crippen LogP contribution is 2.13. The molecule has 1 rings (SSSR count). The van der Waals surface area contributed by atoms with Crippen LogP contribution in [0, 0.1) is 6.92 Å². The number of anilines is 1. The Morgan fingerprint density at radius 3 is 2.81 bits per heavy atom. The zero-order chi connectivity index (χ0) is 12.1. The number of hydrogen-bond acceptors (Lipinski definition) is 4. The highest BCUT2D eigenvalue weighted by Gasteiger charge is 2.06. The van der Waals surface area contributed by atoms with E-state index in [9.17, 15) is 0 Å². The largest absolute Gasteiger partial charge is 0.389 e. The normalized spacial score (nSPS) is 10.2. The van der Waals surface area contributed by atoms with E-state index in [0.29, 0.717) is 11.6 Å². The van der Waals surface area contributed by atoms with Gasteiger partial charge in [0.1, 0.15) is 10.8 Å². The van der Waals surface area contributed by atoms with Gasteiger partial charge in [-0.15, -0.1) is 0 Å². The first kappa shape index (κ1) is 12.9. The Hall–Kier alpha value is -1.20. The Labute approximate surface area is 101 Å². The number of methoxy groups -OCH3 is 1. The summed E-state index contributed by atoms with van der Waals surface area (Å²) in [6.45, 7) is 3.37. The fourth-order valence-corrected chi connectivity index (χ4v) is 1.45. The number of hydrogen-bond donors (Lipinski definition) is 1. The summed E-state index contributed by atoms with van der Waals surface area (Å²) < 4.78 is 5.02. The van der Waals surface area contributed by atoms with Crippen molar-refractivity contribution in [2.45, 2.75) is 6.92 Å². The summed E-state index contributed by atoms with van der Waals surface area (Å²) in [7, 11) is 3.64. The smallest absolute Gasteiger partial charge is 0.129 e. The number of likely N-dealkylation sites (N-methyl/N-ethyl adjacent to an activating group) is 1. The summed E-state index contributed by atoms with van der Waals surface area (Å²) in [5, 5.41) is 0. The van der Waals surface area contributed by atoms with Crippen molar-refractivity contribution in [2.75, 3.05) is 32.2 Å². The van der Waals surface area contributed by atoms with Crippen molar-refractivity contribution < 1.29 is 4.74 Å². The van der Waals surface area contributed by atoms with Crippen LogP contribution in [0.2, 0.25) is 0 Å². The zero-order valence-electron chi connectivity index (χ0n) is 9.86. The second kappa shape index (κ2) is 5.77. The van der Waals surface area contributed by atoms with Crippen molar-refractivity contribution >= 4 is 23.0 Å². The molecule has 5 heteroatoms. The first-order chi connectivity index (χ1) is 7.54. The molecule has 0 fully saturated rings. The SMILES string of the molecule is COCCN(C)c1cc(C(N)=S)cc(C)n1. The van der Waals surface area contributed by atoms with E-state index in [1.54, 1.807) is 7.11 Å². The molecule has 0 atom stereocenters. The summed E-state index contributed by atoms with van der Waals surface area (Å²) >= 11 is 4.96. The van der Waals surface area contributed by atoms with Crippen LogP contribution in [-0.4, -0.2) is 37.3 Å². The van der Waals surface area contributed by atoms with Crippen LogP contribution in [0.3, 0.4) is 0 Å². The molecule has 0 unspecified atom stereocenters. The van der Waals surface area contributed by atoms with Gasteiger partial charge in [0, 0.05) is 32.0 Å². The summed E-state index contributed by atoms with van der Waals surface area (Å²) in [6, 6.07) is 3.78. The molecule has 88 valence electrons. The van der Waals surface area contributed by atoms with Crippen molar-refractivity contribution in [3.05, 3.63) is 23.4 Å². The van der Waals surface area contributed by atoms with Crippen molar-refractivity contribution in [3.8, 4) is 0 Å². The van der Waals surface area contributed by atoms with Gasteiger partial charge in [-0.05, 0) is 19.1 Å². The van der Waals surface area contributed by atoms with Gasteiger partial charge in [-0.1, -0.05) is 12.2 Å². The molecule has 0 aliphatic rings. The van der Waals surface area contributed by atoms with Gasteiger partial charge in [0.15, 0.2) is 0 Å². The molecule has 1 aromatic rings. The minimum absolute atomic E-state index is 0.395. The highest BCUT2D eigenvalue weighted by molar-refractivity contribution is 7.80. The second-order valence-electron chi connectivity index (χ2n) is 3.63. The molecule has 0 aliphatic heterocycles. The number of aryl methyl sites for hydroxylation is 1. The molecule has 0 saturated heterocycles. The van der Waals surface area contributed by atoms with Gasteiger partial charge in [0.2, 0.25) is 0 Å². The molecule has 0 amide bonds. The average Bonchev–Trinajstić information content (AvgIpc) is 2.24. The van der Waals surface area contributed by atoms with Crippen molar-refractivity contribution in [2.24, 2.45) is 5.73 Å². The Morgan fingerprint density at radius 2 is 2.25 bits per heavy atom. The average molecular weight is 239 g/mol. The van der Waals surface area contributed by atoms with E-state index in [0.717, 1.165) is 23.6 Å². The minimum Gasteiger partial charge on any atom is -0.389 e. The number of aromatic nitrogens is 1. The van der Waals surface area contributed by atoms with Crippen LogP contribution in [0.15, 0.2) is 12.1 Å². The van der Waals surface area contributed by atoms with Gasteiger partial charge in [-0.3, -0.25) is 0 Å². The molecule has 2 N–H and O–H groups in total. The van der Waals surface area contributed by atoms with E-state index in [1.807, 2.05) is 31.0 Å². The van der Waals surface area contributed by atoms with Crippen LogP contribution < -0.4 is 10.6 Å². The van der Waals surface area contributed by atoms with Gasteiger partial charge in [0.25, 0.3) is 0 Å². The predicted octanol–water partition coefficient (Wildman–Crippen LogP) is 1.11. The molecule has 0 spiro atoms. The monoisotopic (exact) mass is 239 g/mol. The van der Waals surface area contributed by atoms with Crippen LogP contribution >= 0.6 is 12.2 Å². The van der Waals surface area contributed by atoms with Crippen LogP contribution in [-0.2, 0) is 4.74 Å². The maximum absolute atomic E-state index is 5.61. The summed E-state index contributed by atoms with van der Waals surface area (Å²) in [5.74, 6) is 0.861. The third kappa shape index (κ3) is 3.43. The zero-order valence-corrected chi connectivity index (χ0v) is 10.7. The van der Waals surface area contributed by atoms with Crippen LogP contribution in [0.5, 0.6) is 0 Å². The van der Waals surface area contributed by atoms with Crippen molar-refractivity contribution in [1.29, 1.82) is 0 Å². The van der Waals surface area contributed by atoms with E-state index >= 15 is 0 Å². The van der Waals surface area contributed by atoms with Crippen molar-refractivity contribution in [3.63, 3.8) is 0 Å². The minimum atomic E-state index is 0.395. The molecule has 0 aromatic carbocycles. The van der Waals surface area contributed by atoms with Gasteiger partial charge in [-0.25, -0.2) is 4.98 Å². The van der Waals surface area contributed by atoms with Gasteiger partial charge in [-0.2, -0.15) is 0 Å². The lowest BCUT2D eigenvalue weighted by atomic mass is 10.2. The number of ether oxygens (including phenoxy) is 1. The number of pyridine rings is 1. The Balaban J connectivity index is 2.91. The number of nitrogens with zero attached hydrogens (tertiary/aromatic N) is 2. The molecule has 4 nitrogen and oxygen atoms in total. The molecule has 16 heavy (non-hydrogen) atoms. The van der Waals surface area contributed by atoms with Crippen LogP contribution in [0.4, 0.5) is 5.82 Å². The van der Waals surface area contributed by atoms with E-state index in [2.05, 4.69) is 4.98 Å². The molecule has 0 bridgehead atoms. The summed E-state index contributed by atoms with van der Waals surface area (Å²) in [5.41, 5.74) is 7.37. The number of nitrogens with two attached hydrogens (primary N) is 1. The van der Waals surface area contributed by atoms with Crippen LogP contribution in [0.25, 0.3) is 0 Å². The molecular formula is C11H17N3OS. The van der Waals surface area contributed by atoms with Gasteiger partial charge < -0.3 is 15.4 Å². The first-order valence-corrected chi connectivity index (χ1v) is 5.44. The van der Waals surface area contributed by atoms with Gasteiger partial charge >= 0.3 is 0 Å². The lowest BCUT2D eigenvalue weighted by molar-refractivity contribution is 0.206. The quantitative estimate of drug-likeness (QED) is 0.780. The maximum Gasteiger partial charge on any atom is 0.129 e. The fourth-order valence-electron chi connectivity index (χ4n) is 1.33. The van der Waals surface area contributed by atoms with E-state index in [4.69, 9.17) is 22.7 Å². The molecule has 0 aliphatic carbocycles. The Morgan fingerprint density at radius 1 is 1.56 bits per heavy atom. The Bertz CT molecular complexity index is 381. The molecule has 0 saturated carbocycles. The molecule has 1 aromatic heterocycles. The maximum atomic E-state index is 5.61. The summed E-state index contributed by atoms with van der Waals surface area (Å²) in [6.07, 6.45) is 0. The van der Waals surface area contributed by atoms with Gasteiger partial charge in [0.05, 0.1) is 6.61 Å². The predicted molar refractivity (Wildman–Crippen MR) is 70.0 cm³/mol. The topological polar surface area (TPSA) is 51.4 Å². The standard InChI is InChI=1S/C11H17N3OS/c1-8-6-9(11(12)16)7-10(13-8)14(2)4-5-15-3/h6-7H,4-5H2,1-3H3,(H2,12,16). The van der Waals surface area contributed by atoms with Crippen LogP contribution in [0.1, 0.15) is 11.3 Å². The second-order valence-corrected chi connectivity index (χ2v) is 4.07. The molecule has 0 radical (unpaired) electrons. The molecule has 1 heterocycles. The summed E-state index contributed by atoms with van der Waals surface area (Å²) in [4.78, 5) is 6.83. The third-order valence-corrected chi connectivity index (χ3v) is 2.48. The highest BCUT2D eigenvalue weighted by atomic mass is 32.1. The molecular weight excluding hydrogens is 222 g/mol. The van der Waals surface area contributed by atoms with Crippen molar-refractivity contribution in [1.82, 2.24) is 4.98 Å². The lowest BCUT2D eigenvalue weighted by Gasteiger charge is -2.18.